The Morgan fingerprint density at radius 3 is 2.66 bits per heavy atom. The number of fused-ring (bicyclic) bond motifs is 1. The van der Waals surface area contributed by atoms with Crippen LogP contribution in [0.2, 0.25) is 0 Å². The van der Waals surface area contributed by atoms with Crippen molar-refractivity contribution in [3.8, 4) is 5.82 Å². The van der Waals surface area contributed by atoms with Crippen molar-refractivity contribution in [1.82, 2.24) is 34.3 Å². The first-order valence-electron chi connectivity index (χ1n) is 11.8. The largest absolute Gasteiger partial charge is 0.384 e. The standard InChI is InChI=1S/C24H31N9O2/c1-16(2)32-15-27-19-20(28-23(29-22(19)32)31-10-12-35-13-11-31)26-14-17-6-5-8-25-21(17)33-9-7-18(30-33)24(3,4)34/h5-9,15-16,34H,10-14H2,1-4H3,(H,26,28,29). The van der Waals surface area contributed by atoms with Gasteiger partial charge in [-0.2, -0.15) is 15.1 Å². The minimum atomic E-state index is -1.03. The lowest BCUT2D eigenvalue weighted by molar-refractivity contribution is 0.0734. The number of nitrogens with zero attached hydrogens (tertiary/aromatic N) is 8. The van der Waals surface area contributed by atoms with Gasteiger partial charge in [0.2, 0.25) is 5.95 Å². The van der Waals surface area contributed by atoms with Gasteiger partial charge in [0.25, 0.3) is 0 Å². The summed E-state index contributed by atoms with van der Waals surface area (Å²) in [4.78, 5) is 21.0. The lowest BCUT2D eigenvalue weighted by Crippen LogP contribution is -2.37. The molecule has 5 rings (SSSR count). The van der Waals surface area contributed by atoms with Gasteiger partial charge in [0.15, 0.2) is 22.8 Å². The first-order valence-corrected chi connectivity index (χ1v) is 11.8. The minimum absolute atomic E-state index is 0.218. The van der Waals surface area contributed by atoms with E-state index in [0.29, 0.717) is 43.0 Å². The highest BCUT2D eigenvalue weighted by molar-refractivity contribution is 5.84. The van der Waals surface area contributed by atoms with Gasteiger partial charge in [-0.05, 0) is 39.8 Å². The monoisotopic (exact) mass is 477 g/mol. The quantitative estimate of drug-likeness (QED) is 0.414. The van der Waals surface area contributed by atoms with Gasteiger partial charge in [-0.3, -0.25) is 0 Å². The van der Waals surface area contributed by atoms with E-state index >= 15 is 0 Å². The Morgan fingerprint density at radius 2 is 1.94 bits per heavy atom. The van der Waals surface area contributed by atoms with E-state index in [-0.39, 0.29) is 6.04 Å². The smallest absolute Gasteiger partial charge is 0.229 e. The Balaban J connectivity index is 1.48. The average molecular weight is 478 g/mol. The third kappa shape index (κ3) is 4.69. The Labute approximate surface area is 203 Å². The maximum atomic E-state index is 10.3. The molecular weight excluding hydrogens is 446 g/mol. The SMILES string of the molecule is CC(C)n1cnc2c(NCc3cccnc3-n3ccc(C(C)(C)O)n3)nc(N3CCOCC3)nc21. The second-order valence-electron chi connectivity index (χ2n) is 9.43. The molecule has 11 nitrogen and oxygen atoms in total. The molecule has 0 radical (unpaired) electrons. The van der Waals surface area contributed by atoms with Gasteiger partial charge in [0.05, 0.1) is 25.2 Å². The normalized spacial score (nSPS) is 14.7. The summed E-state index contributed by atoms with van der Waals surface area (Å²) >= 11 is 0. The molecule has 1 fully saturated rings. The van der Waals surface area contributed by atoms with E-state index in [0.717, 1.165) is 29.8 Å². The number of aliphatic hydroxyl groups is 1. The van der Waals surface area contributed by atoms with Crippen LogP contribution in [0, 0.1) is 0 Å². The lowest BCUT2D eigenvalue weighted by Gasteiger charge is -2.27. The molecule has 11 heteroatoms. The van der Waals surface area contributed by atoms with Crippen LogP contribution in [0.4, 0.5) is 11.8 Å². The second-order valence-corrected chi connectivity index (χ2v) is 9.43. The predicted octanol–water partition coefficient (Wildman–Crippen LogP) is 2.66. The first-order chi connectivity index (χ1) is 16.8. The van der Waals surface area contributed by atoms with Gasteiger partial charge < -0.3 is 24.6 Å². The zero-order chi connectivity index (χ0) is 24.6. The molecule has 0 spiro atoms. The zero-order valence-corrected chi connectivity index (χ0v) is 20.5. The molecule has 1 saturated heterocycles. The molecule has 1 aliphatic rings. The Kier molecular flexibility index (Phi) is 6.12. The topological polar surface area (TPSA) is 119 Å². The fraction of sp³-hybridized carbons (Fsp3) is 0.458. The predicted molar refractivity (Wildman–Crippen MR) is 133 cm³/mol. The number of imidazole rings is 1. The molecule has 0 aliphatic carbocycles. The number of morpholine rings is 1. The molecule has 0 bridgehead atoms. The molecule has 5 heterocycles. The lowest BCUT2D eigenvalue weighted by atomic mass is 10.1. The maximum Gasteiger partial charge on any atom is 0.229 e. The molecule has 0 unspecified atom stereocenters. The van der Waals surface area contributed by atoms with Gasteiger partial charge in [-0.1, -0.05) is 6.07 Å². The van der Waals surface area contributed by atoms with Crippen molar-refractivity contribution in [2.45, 2.75) is 45.9 Å². The molecule has 0 saturated carbocycles. The van der Waals surface area contributed by atoms with E-state index in [4.69, 9.17) is 14.7 Å². The second kappa shape index (κ2) is 9.23. The van der Waals surface area contributed by atoms with E-state index in [9.17, 15) is 5.11 Å². The zero-order valence-electron chi connectivity index (χ0n) is 20.5. The van der Waals surface area contributed by atoms with E-state index in [2.05, 4.69) is 43.7 Å². The van der Waals surface area contributed by atoms with Crippen molar-refractivity contribution in [1.29, 1.82) is 0 Å². The van der Waals surface area contributed by atoms with Crippen molar-refractivity contribution >= 4 is 22.9 Å². The molecule has 4 aromatic rings. The molecule has 184 valence electrons. The molecule has 0 aromatic carbocycles. The Hall–Kier alpha value is -3.57. The van der Waals surface area contributed by atoms with Crippen molar-refractivity contribution in [2.75, 3.05) is 36.5 Å². The molecule has 1 aliphatic heterocycles. The summed E-state index contributed by atoms with van der Waals surface area (Å²) in [5.41, 5.74) is 2.00. The number of aromatic nitrogens is 7. The summed E-state index contributed by atoms with van der Waals surface area (Å²) < 4.78 is 9.25. The molecule has 35 heavy (non-hydrogen) atoms. The fourth-order valence-corrected chi connectivity index (χ4v) is 4.03. The highest BCUT2D eigenvalue weighted by Crippen LogP contribution is 2.26. The number of anilines is 2. The van der Waals surface area contributed by atoms with Gasteiger partial charge in [-0.15, -0.1) is 0 Å². The number of pyridine rings is 1. The van der Waals surface area contributed by atoms with Crippen LogP contribution in [0.25, 0.3) is 17.0 Å². The van der Waals surface area contributed by atoms with Crippen molar-refractivity contribution in [3.05, 3.63) is 48.2 Å². The molecular formula is C24H31N9O2. The Morgan fingerprint density at radius 1 is 1.14 bits per heavy atom. The summed E-state index contributed by atoms with van der Waals surface area (Å²) in [6.07, 6.45) is 5.35. The van der Waals surface area contributed by atoms with Crippen LogP contribution in [0.5, 0.6) is 0 Å². The van der Waals surface area contributed by atoms with E-state index in [1.165, 1.54) is 0 Å². The number of nitrogens with one attached hydrogen (secondary N) is 1. The summed E-state index contributed by atoms with van der Waals surface area (Å²) in [5, 5.41) is 18.3. The van der Waals surface area contributed by atoms with Gasteiger partial charge in [0.1, 0.15) is 5.60 Å². The van der Waals surface area contributed by atoms with Gasteiger partial charge in [-0.25, -0.2) is 14.6 Å². The number of rotatable bonds is 7. The Bertz CT molecular complexity index is 1320. The van der Waals surface area contributed by atoms with Crippen LogP contribution in [0.1, 0.15) is 45.0 Å². The van der Waals surface area contributed by atoms with Crippen LogP contribution in [-0.4, -0.2) is 65.7 Å². The van der Waals surface area contributed by atoms with E-state index in [1.807, 2.05) is 24.7 Å². The third-order valence-corrected chi connectivity index (χ3v) is 6.01. The van der Waals surface area contributed by atoms with Gasteiger partial charge >= 0.3 is 0 Å². The summed E-state index contributed by atoms with van der Waals surface area (Å²) in [6, 6.07) is 5.90. The minimum Gasteiger partial charge on any atom is -0.384 e. The highest BCUT2D eigenvalue weighted by atomic mass is 16.5. The van der Waals surface area contributed by atoms with Gasteiger partial charge in [0, 0.05) is 43.6 Å². The molecule has 0 amide bonds. The molecule has 2 N–H and O–H groups in total. The molecule has 0 atom stereocenters. The summed E-state index contributed by atoms with van der Waals surface area (Å²) in [5.74, 6) is 2.02. The van der Waals surface area contributed by atoms with Crippen molar-refractivity contribution < 1.29 is 9.84 Å². The first kappa shape index (κ1) is 23.2. The molecule has 4 aromatic heterocycles. The van der Waals surface area contributed by atoms with Crippen LogP contribution in [0.3, 0.4) is 0 Å². The third-order valence-electron chi connectivity index (χ3n) is 6.01. The van der Waals surface area contributed by atoms with Crippen LogP contribution >= 0.6 is 0 Å². The average Bonchev–Trinajstić information content (AvgIpc) is 3.51. The number of ether oxygens (including phenoxy) is 1. The van der Waals surface area contributed by atoms with E-state index < -0.39 is 5.60 Å². The maximum absolute atomic E-state index is 10.3. The van der Waals surface area contributed by atoms with E-state index in [1.54, 1.807) is 30.8 Å². The number of hydrogen-bond donors (Lipinski definition) is 2. The fourth-order valence-electron chi connectivity index (χ4n) is 4.03. The summed E-state index contributed by atoms with van der Waals surface area (Å²) in [6.45, 7) is 10.9. The van der Waals surface area contributed by atoms with Crippen molar-refractivity contribution in [2.24, 2.45) is 0 Å². The van der Waals surface area contributed by atoms with Crippen LogP contribution in [0.15, 0.2) is 36.9 Å². The highest BCUT2D eigenvalue weighted by Gasteiger charge is 2.22. The van der Waals surface area contributed by atoms with Crippen molar-refractivity contribution in [3.63, 3.8) is 0 Å². The number of hydrogen-bond acceptors (Lipinski definition) is 9. The van der Waals surface area contributed by atoms with Crippen LogP contribution in [-0.2, 0) is 16.9 Å². The summed E-state index contributed by atoms with van der Waals surface area (Å²) in [7, 11) is 0. The van der Waals surface area contributed by atoms with Crippen LogP contribution < -0.4 is 10.2 Å².